The van der Waals surface area contributed by atoms with Gasteiger partial charge in [-0.25, -0.2) is 4.79 Å². The van der Waals surface area contributed by atoms with Gasteiger partial charge in [-0.2, -0.15) is 0 Å². The molecule has 0 saturated heterocycles. The fraction of sp³-hybridized carbons (Fsp3) is 0.0714. The standard InChI is InChI=1S/C14H11NO5/c16-13(17)14(18,10-4-2-1-3-5-10)11-6-8-12(9-7-11)15(19)20/h1-9,18H,(H,16,17)/t14-/m1/s1. The van der Waals surface area contributed by atoms with Crippen LogP contribution in [0.3, 0.4) is 0 Å². The van der Waals surface area contributed by atoms with E-state index in [-0.39, 0.29) is 16.8 Å². The van der Waals surface area contributed by atoms with Gasteiger partial charge in [0.05, 0.1) is 4.92 Å². The molecule has 2 aromatic rings. The van der Waals surface area contributed by atoms with E-state index < -0.39 is 16.5 Å². The molecular weight excluding hydrogens is 262 g/mol. The van der Waals surface area contributed by atoms with Gasteiger partial charge in [0.2, 0.25) is 5.60 Å². The van der Waals surface area contributed by atoms with Crippen LogP contribution >= 0.6 is 0 Å². The number of aliphatic hydroxyl groups is 1. The molecule has 6 heteroatoms. The van der Waals surface area contributed by atoms with Crippen LogP contribution in [-0.2, 0) is 10.4 Å². The Balaban J connectivity index is 2.54. The first-order chi connectivity index (χ1) is 9.46. The molecule has 0 aromatic heterocycles. The Labute approximate surface area is 114 Å². The van der Waals surface area contributed by atoms with Gasteiger partial charge in [0, 0.05) is 12.1 Å². The average molecular weight is 273 g/mol. The van der Waals surface area contributed by atoms with Crippen molar-refractivity contribution in [3.05, 3.63) is 75.8 Å². The number of carbonyl (C=O) groups is 1. The highest BCUT2D eigenvalue weighted by molar-refractivity contribution is 5.83. The van der Waals surface area contributed by atoms with Crippen LogP contribution in [0.15, 0.2) is 54.6 Å². The van der Waals surface area contributed by atoms with Crippen LogP contribution in [0, 0.1) is 10.1 Å². The number of non-ortho nitro benzene ring substituents is 1. The summed E-state index contributed by atoms with van der Waals surface area (Å²) in [5.74, 6) is -1.45. The highest BCUT2D eigenvalue weighted by atomic mass is 16.6. The summed E-state index contributed by atoms with van der Waals surface area (Å²) in [6.45, 7) is 0. The Hall–Kier alpha value is -2.73. The molecule has 0 aliphatic carbocycles. The number of nitrogens with zero attached hydrogens (tertiary/aromatic N) is 1. The van der Waals surface area contributed by atoms with Crippen molar-refractivity contribution < 1.29 is 19.9 Å². The van der Waals surface area contributed by atoms with Crippen molar-refractivity contribution in [1.29, 1.82) is 0 Å². The summed E-state index contributed by atoms with van der Waals surface area (Å²) < 4.78 is 0. The van der Waals surface area contributed by atoms with E-state index >= 15 is 0 Å². The maximum absolute atomic E-state index is 11.5. The molecule has 2 rings (SSSR count). The Bertz CT molecular complexity index is 638. The molecule has 0 aliphatic rings. The molecule has 0 spiro atoms. The average Bonchev–Trinajstić information content (AvgIpc) is 2.47. The lowest BCUT2D eigenvalue weighted by atomic mass is 9.86. The molecule has 2 N–H and O–H groups in total. The Morgan fingerprint density at radius 1 is 1.00 bits per heavy atom. The van der Waals surface area contributed by atoms with E-state index in [4.69, 9.17) is 0 Å². The molecule has 0 fully saturated rings. The normalized spacial score (nSPS) is 13.4. The van der Waals surface area contributed by atoms with E-state index in [2.05, 4.69) is 0 Å². The summed E-state index contributed by atoms with van der Waals surface area (Å²) in [7, 11) is 0. The van der Waals surface area contributed by atoms with Crippen LogP contribution in [0.5, 0.6) is 0 Å². The number of benzene rings is 2. The van der Waals surface area contributed by atoms with E-state index in [1.807, 2.05) is 0 Å². The number of carboxylic acid groups (broad SMARTS) is 1. The maximum atomic E-state index is 11.5. The molecule has 0 radical (unpaired) electrons. The quantitative estimate of drug-likeness (QED) is 0.654. The Kier molecular flexibility index (Phi) is 3.49. The number of nitro groups is 1. The first-order valence-electron chi connectivity index (χ1n) is 5.72. The van der Waals surface area contributed by atoms with Crippen LogP contribution < -0.4 is 0 Å². The predicted octanol–water partition coefficient (Wildman–Crippen LogP) is 1.92. The first-order valence-corrected chi connectivity index (χ1v) is 5.72. The number of rotatable bonds is 4. The van der Waals surface area contributed by atoms with E-state index in [9.17, 15) is 25.1 Å². The smallest absolute Gasteiger partial charge is 0.345 e. The fourth-order valence-corrected chi connectivity index (χ4v) is 1.92. The van der Waals surface area contributed by atoms with Gasteiger partial charge in [-0.3, -0.25) is 10.1 Å². The largest absolute Gasteiger partial charge is 0.479 e. The third kappa shape index (κ3) is 2.24. The van der Waals surface area contributed by atoms with Crippen molar-refractivity contribution in [2.24, 2.45) is 0 Å². The summed E-state index contributed by atoms with van der Waals surface area (Å²) >= 11 is 0. The van der Waals surface area contributed by atoms with Crippen LogP contribution in [0.25, 0.3) is 0 Å². The van der Waals surface area contributed by atoms with Gasteiger partial charge < -0.3 is 10.2 Å². The number of hydrogen-bond donors (Lipinski definition) is 2. The second-order valence-corrected chi connectivity index (χ2v) is 4.19. The van der Waals surface area contributed by atoms with Crippen LogP contribution in [0.1, 0.15) is 11.1 Å². The highest BCUT2D eigenvalue weighted by Crippen LogP contribution is 2.31. The van der Waals surface area contributed by atoms with Gasteiger partial charge in [0.1, 0.15) is 0 Å². The van der Waals surface area contributed by atoms with E-state index in [1.165, 1.54) is 24.3 Å². The van der Waals surface area contributed by atoms with Gasteiger partial charge in [-0.1, -0.05) is 30.3 Å². The molecule has 0 bridgehead atoms. The molecule has 0 amide bonds. The highest BCUT2D eigenvalue weighted by Gasteiger charge is 2.40. The van der Waals surface area contributed by atoms with Gasteiger partial charge in [-0.15, -0.1) is 0 Å². The van der Waals surface area contributed by atoms with Crippen molar-refractivity contribution in [2.75, 3.05) is 0 Å². The maximum Gasteiger partial charge on any atom is 0.345 e. The van der Waals surface area contributed by atoms with Gasteiger partial charge >= 0.3 is 5.97 Å². The lowest BCUT2D eigenvalue weighted by Crippen LogP contribution is -2.36. The number of aliphatic carboxylic acids is 1. The Morgan fingerprint density at radius 2 is 1.50 bits per heavy atom. The molecule has 1 atom stereocenters. The zero-order valence-corrected chi connectivity index (χ0v) is 10.3. The second-order valence-electron chi connectivity index (χ2n) is 4.19. The van der Waals surface area contributed by atoms with Crippen LogP contribution in [0.4, 0.5) is 5.69 Å². The molecule has 102 valence electrons. The number of hydrogen-bond acceptors (Lipinski definition) is 4. The van der Waals surface area contributed by atoms with E-state index in [0.717, 1.165) is 12.1 Å². The summed E-state index contributed by atoms with van der Waals surface area (Å²) in [6, 6.07) is 12.7. The van der Waals surface area contributed by atoms with Crippen molar-refractivity contribution >= 4 is 11.7 Å². The Morgan fingerprint density at radius 3 is 1.95 bits per heavy atom. The minimum absolute atomic E-state index is 0.0572. The SMILES string of the molecule is O=C(O)[C@@](O)(c1ccccc1)c1ccc([N+](=O)[O-])cc1. The topological polar surface area (TPSA) is 101 Å². The number of nitro benzene ring substituents is 1. The lowest BCUT2D eigenvalue weighted by Gasteiger charge is -2.24. The van der Waals surface area contributed by atoms with E-state index in [0.29, 0.717) is 0 Å². The van der Waals surface area contributed by atoms with E-state index in [1.54, 1.807) is 18.2 Å². The zero-order valence-electron chi connectivity index (χ0n) is 10.3. The van der Waals surface area contributed by atoms with Crippen LogP contribution in [0.2, 0.25) is 0 Å². The molecule has 0 unspecified atom stereocenters. The van der Waals surface area contributed by atoms with Crippen molar-refractivity contribution in [1.82, 2.24) is 0 Å². The first kappa shape index (κ1) is 13.7. The fourth-order valence-electron chi connectivity index (χ4n) is 1.92. The van der Waals surface area contributed by atoms with Crippen LogP contribution in [-0.4, -0.2) is 21.1 Å². The minimum atomic E-state index is -2.24. The molecule has 0 aliphatic heterocycles. The van der Waals surface area contributed by atoms with Crippen molar-refractivity contribution in [2.45, 2.75) is 5.60 Å². The summed E-state index contributed by atoms with van der Waals surface area (Å²) in [5.41, 5.74) is -2.17. The summed E-state index contributed by atoms with van der Waals surface area (Å²) in [5, 5.41) is 30.4. The van der Waals surface area contributed by atoms with Gasteiger partial charge in [-0.05, 0) is 23.3 Å². The number of carboxylic acids is 1. The molecule has 20 heavy (non-hydrogen) atoms. The zero-order chi connectivity index (χ0) is 14.8. The third-order valence-electron chi connectivity index (χ3n) is 3.00. The van der Waals surface area contributed by atoms with Crippen molar-refractivity contribution in [3.63, 3.8) is 0 Å². The summed E-state index contributed by atoms with van der Waals surface area (Å²) in [6.07, 6.45) is 0. The summed E-state index contributed by atoms with van der Waals surface area (Å²) in [4.78, 5) is 21.5. The monoisotopic (exact) mass is 273 g/mol. The molecule has 6 nitrogen and oxygen atoms in total. The minimum Gasteiger partial charge on any atom is -0.479 e. The second kappa shape index (κ2) is 5.10. The third-order valence-corrected chi connectivity index (χ3v) is 3.00. The predicted molar refractivity (Wildman–Crippen MR) is 70.2 cm³/mol. The molecule has 0 heterocycles. The molecule has 2 aromatic carbocycles. The van der Waals surface area contributed by atoms with Crippen molar-refractivity contribution in [3.8, 4) is 0 Å². The molecular formula is C14H11NO5. The molecule has 0 saturated carbocycles. The lowest BCUT2D eigenvalue weighted by molar-refractivity contribution is -0.384. The van der Waals surface area contributed by atoms with Gasteiger partial charge in [0.25, 0.3) is 5.69 Å². The van der Waals surface area contributed by atoms with Gasteiger partial charge in [0.15, 0.2) is 0 Å².